The van der Waals surface area contributed by atoms with Gasteiger partial charge in [0.05, 0.1) is 11.4 Å². The molecule has 0 spiro atoms. The van der Waals surface area contributed by atoms with Gasteiger partial charge in [0.25, 0.3) is 0 Å². The first-order chi connectivity index (χ1) is 33.2. The lowest BCUT2D eigenvalue weighted by atomic mass is 9.84. The molecule has 0 bridgehead atoms. The van der Waals surface area contributed by atoms with Crippen LogP contribution in [-0.2, 0) is 0 Å². The molecule has 0 saturated heterocycles. The number of aryl methyl sites for hydroxylation is 6. The Labute approximate surface area is 399 Å². The van der Waals surface area contributed by atoms with Gasteiger partial charge in [0, 0.05) is 44.3 Å². The van der Waals surface area contributed by atoms with Gasteiger partial charge in [-0.05, 0) is 190 Å². The third-order valence-corrected chi connectivity index (χ3v) is 13.9. The molecular formula is C66H52N2. The summed E-state index contributed by atoms with van der Waals surface area (Å²) < 4.78 is 0. The van der Waals surface area contributed by atoms with Gasteiger partial charge in [-0.25, -0.2) is 0 Å². The first kappa shape index (κ1) is 41.2. The molecule has 12 aromatic rings. The molecule has 0 saturated carbocycles. The Hall–Kier alpha value is -8.20. The summed E-state index contributed by atoms with van der Waals surface area (Å²) in [6.07, 6.45) is 0. The van der Waals surface area contributed by atoms with Crippen LogP contribution in [0.4, 0.5) is 34.1 Å². The van der Waals surface area contributed by atoms with E-state index in [9.17, 15) is 0 Å². The third kappa shape index (κ3) is 6.95. The number of anilines is 6. The predicted octanol–water partition coefficient (Wildman–Crippen LogP) is 19.0. The zero-order valence-corrected chi connectivity index (χ0v) is 39.5. The summed E-state index contributed by atoms with van der Waals surface area (Å²) in [5.41, 5.74) is 19.1. The van der Waals surface area contributed by atoms with Crippen molar-refractivity contribution < 1.29 is 0 Å². The maximum absolute atomic E-state index is 2.51. The van der Waals surface area contributed by atoms with Crippen LogP contribution in [-0.4, -0.2) is 0 Å². The van der Waals surface area contributed by atoms with Crippen LogP contribution in [0.2, 0.25) is 0 Å². The van der Waals surface area contributed by atoms with E-state index in [1.165, 1.54) is 109 Å². The summed E-state index contributed by atoms with van der Waals surface area (Å²) in [7, 11) is 0. The summed E-state index contributed by atoms with van der Waals surface area (Å²) in [5, 5.41) is 12.3. The number of nitrogens with zero attached hydrogens (tertiary/aromatic N) is 2. The van der Waals surface area contributed by atoms with Crippen molar-refractivity contribution in [2.45, 2.75) is 41.5 Å². The van der Waals surface area contributed by atoms with Crippen LogP contribution in [0.5, 0.6) is 0 Å². The Bertz CT molecular complexity index is 3640. The second-order valence-corrected chi connectivity index (χ2v) is 19.1. The summed E-state index contributed by atoms with van der Waals surface area (Å²) in [6.45, 7) is 13.2. The lowest BCUT2D eigenvalue weighted by molar-refractivity contribution is 1.25. The quantitative estimate of drug-likeness (QED) is 0.140. The lowest BCUT2D eigenvalue weighted by Gasteiger charge is -2.31. The fourth-order valence-corrected chi connectivity index (χ4v) is 11.2. The van der Waals surface area contributed by atoms with Gasteiger partial charge >= 0.3 is 0 Å². The van der Waals surface area contributed by atoms with E-state index in [0.717, 1.165) is 34.1 Å². The molecule has 326 valence electrons. The molecule has 0 unspecified atom stereocenters. The van der Waals surface area contributed by atoms with E-state index >= 15 is 0 Å². The SMILES string of the molecule is Cc1cccc(N(c2cc(C)cc(C)c2)c2cc(-c3cccc4ccccc34)c3ccc4c(N(c5cccc(C)c5)c5cc(C)cc(C)c5)cc(-c5cccc6ccccc56)c5ccc2c3c54)c1. The fourth-order valence-electron chi connectivity index (χ4n) is 11.2. The second kappa shape index (κ2) is 16.3. The second-order valence-electron chi connectivity index (χ2n) is 19.1. The molecule has 2 nitrogen and oxygen atoms in total. The third-order valence-electron chi connectivity index (χ3n) is 13.9. The van der Waals surface area contributed by atoms with Gasteiger partial charge in [0.2, 0.25) is 0 Å². The van der Waals surface area contributed by atoms with Gasteiger partial charge in [0.15, 0.2) is 0 Å². The van der Waals surface area contributed by atoms with Gasteiger partial charge in [-0.1, -0.05) is 146 Å². The Morgan fingerprint density at radius 3 is 1.00 bits per heavy atom. The van der Waals surface area contributed by atoms with Crippen LogP contribution in [0.25, 0.3) is 76.1 Å². The van der Waals surface area contributed by atoms with Crippen molar-refractivity contribution in [1.29, 1.82) is 0 Å². The molecule has 0 aliphatic rings. The average Bonchev–Trinajstić information content (AvgIpc) is 3.33. The minimum absolute atomic E-state index is 1.13. The molecule has 12 rings (SSSR count). The molecule has 0 N–H and O–H groups in total. The molecule has 0 heterocycles. The highest BCUT2D eigenvalue weighted by Gasteiger charge is 2.27. The molecule has 0 fully saturated rings. The molecule has 0 aliphatic heterocycles. The monoisotopic (exact) mass is 872 g/mol. The Morgan fingerprint density at radius 2 is 0.588 bits per heavy atom. The first-order valence-electron chi connectivity index (χ1n) is 23.8. The van der Waals surface area contributed by atoms with Crippen molar-refractivity contribution in [3.05, 3.63) is 240 Å². The van der Waals surface area contributed by atoms with Crippen LogP contribution in [0.3, 0.4) is 0 Å². The summed E-state index contributed by atoms with van der Waals surface area (Å²) in [6, 6.07) is 77.7. The minimum Gasteiger partial charge on any atom is -0.310 e. The van der Waals surface area contributed by atoms with Crippen molar-refractivity contribution >= 4 is 88.0 Å². The van der Waals surface area contributed by atoms with E-state index in [2.05, 4.69) is 258 Å². The number of rotatable bonds is 8. The summed E-state index contributed by atoms with van der Waals surface area (Å²) in [5.74, 6) is 0. The average molecular weight is 873 g/mol. The van der Waals surface area contributed by atoms with Crippen LogP contribution < -0.4 is 9.80 Å². The van der Waals surface area contributed by atoms with E-state index in [4.69, 9.17) is 0 Å². The smallest absolute Gasteiger partial charge is 0.0546 e. The molecule has 0 aromatic heterocycles. The zero-order chi connectivity index (χ0) is 46.2. The topological polar surface area (TPSA) is 6.48 Å². The highest BCUT2D eigenvalue weighted by atomic mass is 15.2. The van der Waals surface area contributed by atoms with Crippen LogP contribution in [0.1, 0.15) is 33.4 Å². The molecule has 0 amide bonds. The maximum atomic E-state index is 2.51. The van der Waals surface area contributed by atoms with E-state index in [0.29, 0.717) is 0 Å². The number of hydrogen-bond acceptors (Lipinski definition) is 2. The largest absolute Gasteiger partial charge is 0.310 e. The molecule has 0 aliphatic carbocycles. The molecule has 2 heteroatoms. The molecule has 68 heavy (non-hydrogen) atoms. The van der Waals surface area contributed by atoms with E-state index in [-0.39, 0.29) is 0 Å². The van der Waals surface area contributed by atoms with Crippen molar-refractivity contribution in [2.75, 3.05) is 9.80 Å². The van der Waals surface area contributed by atoms with Crippen molar-refractivity contribution in [1.82, 2.24) is 0 Å². The molecule has 12 aromatic carbocycles. The number of benzene rings is 12. The molecular weight excluding hydrogens is 821 g/mol. The van der Waals surface area contributed by atoms with Gasteiger partial charge in [-0.15, -0.1) is 0 Å². The van der Waals surface area contributed by atoms with Gasteiger partial charge < -0.3 is 9.80 Å². The summed E-state index contributed by atoms with van der Waals surface area (Å²) in [4.78, 5) is 5.02. The normalized spacial score (nSPS) is 11.7. The Kier molecular flexibility index (Phi) is 9.88. The van der Waals surface area contributed by atoms with Crippen molar-refractivity contribution in [3.8, 4) is 22.3 Å². The number of hydrogen-bond donors (Lipinski definition) is 0. The Morgan fingerprint density at radius 1 is 0.235 bits per heavy atom. The lowest BCUT2D eigenvalue weighted by Crippen LogP contribution is -2.13. The standard InChI is InChI=1S/C66H52N2/c1-41-15-11-21-49(33-41)67(51-35-43(3)31-44(4)36-51)63-39-61(55-25-13-19-47-17-7-9-23-53(47)55)57-28-30-60-64(68(50-22-12-16-42(2)34-50)52-37-45(5)32-46(6)38-52)40-62(58-27-29-59(63)65(57)66(58)60)56-26-14-20-48-18-8-10-24-54(48)56/h7-40H,1-6H3. The van der Waals surface area contributed by atoms with Crippen LogP contribution in [0.15, 0.2) is 206 Å². The highest BCUT2D eigenvalue weighted by molar-refractivity contribution is 6.33. The van der Waals surface area contributed by atoms with E-state index in [1.54, 1.807) is 0 Å². The van der Waals surface area contributed by atoms with Crippen molar-refractivity contribution in [2.24, 2.45) is 0 Å². The Balaban J connectivity index is 1.30. The highest BCUT2D eigenvalue weighted by Crippen LogP contribution is 2.53. The minimum atomic E-state index is 1.13. The summed E-state index contributed by atoms with van der Waals surface area (Å²) >= 11 is 0. The van der Waals surface area contributed by atoms with Crippen LogP contribution >= 0.6 is 0 Å². The predicted molar refractivity (Wildman–Crippen MR) is 294 cm³/mol. The number of fused-ring (bicyclic) bond motifs is 2. The van der Waals surface area contributed by atoms with E-state index < -0.39 is 0 Å². The van der Waals surface area contributed by atoms with Crippen LogP contribution in [0, 0.1) is 41.5 Å². The van der Waals surface area contributed by atoms with E-state index in [1.807, 2.05) is 0 Å². The van der Waals surface area contributed by atoms with Crippen molar-refractivity contribution in [3.63, 3.8) is 0 Å². The molecule has 0 radical (unpaired) electrons. The van der Waals surface area contributed by atoms with Gasteiger partial charge in [-0.3, -0.25) is 0 Å². The maximum Gasteiger partial charge on any atom is 0.0546 e. The molecule has 0 atom stereocenters. The zero-order valence-electron chi connectivity index (χ0n) is 39.5. The fraction of sp³-hybridized carbons (Fsp3) is 0.0909. The first-order valence-corrected chi connectivity index (χ1v) is 23.8. The van der Waals surface area contributed by atoms with Gasteiger partial charge in [0.1, 0.15) is 0 Å². The van der Waals surface area contributed by atoms with Gasteiger partial charge in [-0.2, -0.15) is 0 Å².